The molecule has 1 amide bonds. The van der Waals surface area contributed by atoms with Gasteiger partial charge in [-0.05, 0) is 32.0 Å². The first-order valence-corrected chi connectivity index (χ1v) is 8.30. The number of hydrogen-bond donors (Lipinski definition) is 0. The fourth-order valence-corrected chi connectivity index (χ4v) is 3.77. The van der Waals surface area contributed by atoms with Crippen molar-refractivity contribution in [2.45, 2.75) is 20.4 Å². The van der Waals surface area contributed by atoms with Gasteiger partial charge in [0, 0.05) is 11.6 Å². The van der Waals surface area contributed by atoms with Crippen LogP contribution in [0.5, 0.6) is 0 Å². The number of rotatable bonds is 2. The Kier molecular flexibility index (Phi) is 4.51. The molecule has 1 aromatic heterocycles. The summed E-state index contributed by atoms with van der Waals surface area (Å²) in [6, 6.07) is 7.41. The SMILES string of the molecule is C#CCn1c(=NC(=O)c2cc(C)cc(C)c2)sc2cc(F)cc(F)c21. The third-order valence-electron chi connectivity index (χ3n) is 3.61. The van der Waals surface area contributed by atoms with Gasteiger partial charge in [-0.3, -0.25) is 4.79 Å². The number of amides is 1. The molecule has 6 heteroatoms. The molecule has 126 valence electrons. The zero-order valence-corrected chi connectivity index (χ0v) is 14.5. The highest BCUT2D eigenvalue weighted by atomic mass is 32.1. The molecular formula is C19H14F2N2OS. The number of carbonyl (C=O) groups is 1. The van der Waals surface area contributed by atoms with Gasteiger partial charge in [0.25, 0.3) is 5.91 Å². The Morgan fingerprint density at radius 2 is 1.88 bits per heavy atom. The molecule has 0 aliphatic rings. The monoisotopic (exact) mass is 356 g/mol. The van der Waals surface area contributed by atoms with Crippen molar-refractivity contribution in [2.24, 2.45) is 4.99 Å². The van der Waals surface area contributed by atoms with Crippen LogP contribution >= 0.6 is 11.3 Å². The average molecular weight is 356 g/mol. The number of nitrogens with zero attached hydrogens (tertiary/aromatic N) is 2. The van der Waals surface area contributed by atoms with Crippen LogP contribution in [0.3, 0.4) is 0 Å². The van der Waals surface area contributed by atoms with E-state index in [4.69, 9.17) is 6.42 Å². The molecule has 0 spiro atoms. The first kappa shape index (κ1) is 17.1. The van der Waals surface area contributed by atoms with E-state index in [1.54, 1.807) is 12.1 Å². The van der Waals surface area contributed by atoms with Gasteiger partial charge in [-0.1, -0.05) is 34.5 Å². The normalized spacial score (nSPS) is 11.7. The van der Waals surface area contributed by atoms with Crippen LogP contribution in [-0.4, -0.2) is 10.5 Å². The van der Waals surface area contributed by atoms with Gasteiger partial charge in [-0.25, -0.2) is 8.78 Å². The van der Waals surface area contributed by atoms with E-state index in [1.807, 2.05) is 19.9 Å². The van der Waals surface area contributed by atoms with E-state index < -0.39 is 17.5 Å². The fraction of sp³-hybridized carbons (Fsp3) is 0.158. The molecule has 3 aromatic rings. The topological polar surface area (TPSA) is 34.4 Å². The summed E-state index contributed by atoms with van der Waals surface area (Å²) in [6.45, 7) is 3.81. The predicted octanol–water partition coefficient (Wildman–Crippen LogP) is 3.97. The van der Waals surface area contributed by atoms with Crippen molar-refractivity contribution >= 4 is 27.5 Å². The molecule has 0 saturated carbocycles. The molecule has 25 heavy (non-hydrogen) atoms. The van der Waals surface area contributed by atoms with E-state index in [0.29, 0.717) is 10.3 Å². The Hall–Kier alpha value is -2.78. The zero-order chi connectivity index (χ0) is 18.1. The van der Waals surface area contributed by atoms with Crippen LogP contribution < -0.4 is 4.80 Å². The summed E-state index contributed by atoms with van der Waals surface area (Å²) in [5.74, 6) is 0.537. The molecule has 0 atom stereocenters. The quantitative estimate of drug-likeness (QED) is 0.640. The largest absolute Gasteiger partial charge is 0.302 e. The molecule has 2 aromatic carbocycles. The molecular weight excluding hydrogens is 342 g/mol. The fourth-order valence-electron chi connectivity index (χ4n) is 2.70. The summed E-state index contributed by atoms with van der Waals surface area (Å²) in [6.07, 6.45) is 5.35. The van der Waals surface area contributed by atoms with E-state index in [9.17, 15) is 13.6 Å². The van der Waals surface area contributed by atoms with Gasteiger partial charge in [0.1, 0.15) is 5.82 Å². The number of benzene rings is 2. The summed E-state index contributed by atoms with van der Waals surface area (Å²) in [4.78, 5) is 16.8. The van der Waals surface area contributed by atoms with Crippen molar-refractivity contribution in [3.8, 4) is 12.3 Å². The molecule has 0 fully saturated rings. The molecule has 0 bridgehead atoms. The maximum absolute atomic E-state index is 14.2. The molecule has 0 unspecified atom stereocenters. The third kappa shape index (κ3) is 3.37. The Bertz CT molecular complexity index is 1080. The lowest BCUT2D eigenvalue weighted by Crippen LogP contribution is -2.17. The van der Waals surface area contributed by atoms with Crippen LogP contribution in [0, 0.1) is 37.8 Å². The minimum absolute atomic E-state index is 0.0293. The maximum Gasteiger partial charge on any atom is 0.279 e. The van der Waals surface area contributed by atoms with Crippen LogP contribution in [0.2, 0.25) is 0 Å². The standard InChI is InChI=1S/C19H14F2N2OS/c1-4-5-23-17-15(21)9-14(20)10-16(17)25-19(23)22-18(24)13-7-11(2)6-12(3)8-13/h1,6-10H,5H2,2-3H3. The van der Waals surface area contributed by atoms with Gasteiger partial charge < -0.3 is 4.57 Å². The smallest absolute Gasteiger partial charge is 0.279 e. The lowest BCUT2D eigenvalue weighted by molar-refractivity contribution is 0.0997. The second-order valence-electron chi connectivity index (χ2n) is 5.70. The van der Waals surface area contributed by atoms with E-state index >= 15 is 0 Å². The summed E-state index contributed by atoms with van der Waals surface area (Å²) in [7, 11) is 0. The van der Waals surface area contributed by atoms with E-state index in [1.165, 1.54) is 10.6 Å². The maximum atomic E-state index is 14.2. The van der Waals surface area contributed by atoms with Gasteiger partial charge in [-0.15, -0.1) is 6.42 Å². The lowest BCUT2D eigenvalue weighted by atomic mass is 10.1. The van der Waals surface area contributed by atoms with Gasteiger partial charge in [-0.2, -0.15) is 4.99 Å². The number of halogens is 2. The average Bonchev–Trinajstić information content (AvgIpc) is 2.84. The van der Waals surface area contributed by atoms with E-state index in [-0.39, 0.29) is 16.9 Å². The molecule has 1 heterocycles. The molecule has 0 aliphatic heterocycles. The van der Waals surface area contributed by atoms with Crippen molar-refractivity contribution in [3.63, 3.8) is 0 Å². The second kappa shape index (κ2) is 6.61. The third-order valence-corrected chi connectivity index (χ3v) is 4.64. The summed E-state index contributed by atoms with van der Waals surface area (Å²) in [5, 5.41) is 0. The Balaban J connectivity index is 2.22. The minimum atomic E-state index is -0.734. The molecule has 0 radical (unpaired) electrons. The number of hydrogen-bond acceptors (Lipinski definition) is 2. The van der Waals surface area contributed by atoms with Crippen molar-refractivity contribution in [1.82, 2.24) is 4.57 Å². The van der Waals surface area contributed by atoms with Gasteiger partial charge >= 0.3 is 0 Å². The number of fused-ring (bicyclic) bond motifs is 1. The van der Waals surface area contributed by atoms with Crippen LogP contribution in [0.4, 0.5) is 8.78 Å². The van der Waals surface area contributed by atoms with Crippen molar-refractivity contribution < 1.29 is 13.6 Å². The Morgan fingerprint density at radius 3 is 2.52 bits per heavy atom. The molecule has 3 rings (SSSR count). The van der Waals surface area contributed by atoms with Crippen molar-refractivity contribution in [1.29, 1.82) is 0 Å². The van der Waals surface area contributed by atoms with E-state index in [0.717, 1.165) is 28.5 Å². The molecule has 0 saturated heterocycles. The molecule has 3 nitrogen and oxygen atoms in total. The van der Waals surface area contributed by atoms with Crippen LogP contribution in [0.25, 0.3) is 10.2 Å². The minimum Gasteiger partial charge on any atom is -0.302 e. The highest BCUT2D eigenvalue weighted by Crippen LogP contribution is 2.22. The Labute approximate surface area is 147 Å². The van der Waals surface area contributed by atoms with Crippen LogP contribution in [0.1, 0.15) is 21.5 Å². The summed E-state index contributed by atoms with van der Waals surface area (Å²) >= 11 is 1.02. The zero-order valence-electron chi connectivity index (χ0n) is 13.6. The number of carbonyl (C=O) groups excluding carboxylic acids is 1. The number of terminal acetylenes is 1. The summed E-state index contributed by atoms with van der Waals surface area (Å²) < 4.78 is 29.4. The first-order chi connectivity index (χ1) is 11.9. The van der Waals surface area contributed by atoms with Gasteiger partial charge in [0.05, 0.1) is 16.8 Å². The number of aryl methyl sites for hydroxylation is 2. The van der Waals surface area contributed by atoms with E-state index in [2.05, 4.69) is 10.9 Å². The van der Waals surface area contributed by atoms with Gasteiger partial charge in [0.2, 0.25) is 0 Å². The number of thiazole rings is 1. The highest BCUT2D eigenvalue weighted by Gasteiger charge is 2.14. The predicted molar refractivity (Wildman–Crippen MR) is 94.4 cm³/mol. The number of aromatic nitrogens is 1. The first-order valence-electron chi connectivity index (χ1n) is 7.48. The van der Waals surface area contributed by atoms with Crippen molar-refractivity contribution in [2.75, 3.05) is 0 Å². The Morgan fingerprint density at radius 1 is 1.20 bits per heavy atom. The summed E-state index contributed by atoms with van der Waals surface area (Å²) in [5.41, 5.74) is 2.48. The highest BCUT2D eigenvalue weighted by molar-refractivity contribution is 7.16. The van der Waals surface area contributed by atoms with Gasteiger partial charge in [0.15, 0.2) is 10.6 Å². The lowest BCUT2D eigenvalue weighted by Gasteiger charge is -2.02. The molecule has 0 N–H and O–H groups in total. The van der Waals surface area contributed by atoms with Crippen molar-refractivity contribution in [3.05, 3.63) is 63.5 Å². The van der Waals surface area contributed by atoms with Crippen LogP contribution in [0.15, 0.2) is 35.3 Å². The molecule has 0 aliphatic carbocycles. The second-order valence-corrected chi connectivity index (χ2v) is 6.71. The van der Waals surface area contributed by atoms with Crippen LogP contribution in [-0.2, 0) is 6.54 Å².